The summed E-state index contributed by atoms with van der Waals surface area (Å²) in [6.45, 7) is 2.61. The lowest BCUT2D eigenvalue weighted by atomic mass is 9.74. The number of carbonyl (C=O) groups excluding carboxylic acids is 1. The van der Waals surface area contributed by atoms with Crippen LogP contribution in [0.5, 0.6) is 5.75 Å². The molecule has 1 aliphatic carbocycles. The molecule has 2 heterocycles. The molecule has 4 rings (SSSR count). The van der Waals surface area contributed by atoms with E-state index < -0.39 is 0 Å². The highest BCUT2D eigenvalue weighted by Gasteiger charge is 2.36. The lowest BCUT2D eigenvalue weighted by molar-refractivity contribution is 0.0235. The Balaban J connectivity index is 1.61. The summed E-state index contributed by atoms with van der Waals surface area (Å²) < 4.78 is 5.57. The summed E-state index contributed by atoms with van der Waals surface area (Å²) >= 11 is 0. The number of benzene rings is 1. The molecule has 0 unspecified atom stereocenters. The minimum atomic E-state index is -0.307. The van der Waals surface area contributed by atoms with Gasteiger partial charge in [0, 0.05) is 23.7 Å². The van der Waals surface area contributed by atoms with Crippen LogP contribution in [0.3, 0.4) is 0 Å². The maximum absolute atomic E-state index is 12.9. The molecule has 3 N–H and O–H groups in total. The lowest BCUT2D eigenvalue weighted by Gasteiger charge is -2.38. The van der Waals surface area contributed by atoms with E-state index in [1.165, 1.54) is 6.07 Å². The molecule has 0 spiro atoms. The number of aryl methyl sites for hydroxylation is 1. The normalized spacial score (nSPS) is 21.7. The fourth-order valence-corrected chi connectivity index (χ4v) is 3.92. The average Bonchev–Trinajstić information content (AvgIpc) is 3.10. The van der Waals surface area contributed by atoms with Crippen molar-refractivity contribution in [3.63, 3.8) is 0 Å². The topological polar surface area (TPSA) is 91.4 Å². The Morgan fingerprint density at radius 1 is 1.33 bits per heavy atom. The van der Waals surface area contributed by atoms with Gasteiger partial charge in [-0.1, -0.05) is 13.0 Å². The number of aliphatic hydroxyl groups is 1. The molecular formula is C21H24N2O4. The van der Waals surface area contributed by atoms with E-state index >= 15 is 0 Å². The van der Waals surface area contributed by atoms with E-state index in [0.29, 0.717) is 31.4 Å². The first-order valence-corrected chi connectivity index (χ1v) is 9.51. The Morgan fingerprint density at radius 3 is 2.89 bits per heavy atom. The minimum absolute atomic E-state index is 0.178. The molecule has 0 radical (unpaired) electrons. The predicted molar refractivity (Wildman–Crippen MR) is 101 cm³/mol. The molecule has 1 saturated carbocycles. The van der Waals surface area contributed by atoms with Crippen LogP contribution in [-0.2, 0) is 12.8 Å². The van der Waals surface area contributed by atoms with Crippen LogP contribution in [0.2, 0.25) is 0 Å². The molecule has 1 aliphatic heterocycles. The number of aromatic amines is 1. The molecule has 27 heavy (non-hydrogen) atoms. The van der Waals surface area contributed by atoms with Crippen LogP contribution < -0.4 is 15.6 Å². The molecule has 1 aromatic heterocycles. The number of ether oxygens (including phenoxy) is 1. The predicted octanol–water partition coefficient (Wildman–Crippen LogP) is 2.11. The zero-order chi connectivity index (χ0) is 19.0. The van der Waals surface area contributed by atoms with Crippen molar-refractivity contribution in [3.05, 3.63) is 63.1 Å². The first-order chi connectivity index (χ1) is 13.0. The lowest BCUT2D eigenvalue weighted by Crippen LogP contribution is -2.41. The van der Waals surface area contributed by atoms with Gasteiger partial charge < -0.3 is 20.1 Å². The zero-order valence-corrected chi connectivity index (χ0v) is 15.3. The van der Waals surface area contributed by atoms with Crippen LogP contribution in [0.15, 0.2) is 35.1 Å². The van der Waals surface area contributed by atoms with Crippen molar-refractivity contribution in [2.24, 2.45) is 5.92 Å². The maximum atomic E-state index is 12.9. The number of aromatic nitrogens is 1. The smallest absolute Gasteiger partial charge is 0.252 e. The van der Waals surface area contributed by atoms with E-state index in [2.05, 4.69) is 16.4 Å². The first-order valence-electron chi connectivity index (χ1n) is 9.51. The van der Waals surface area contributed by atoms with Crippen molar-refractivity contribution in [2.45, 2.75) is 44.8 Å². The van der Waals surface area contributed by atoms with Gasteiger partial charge in [0.05, 0.1) is 18.8 Å². The highest BCUT2D eigenvalue weighted by atomic mass is 16.5. The van der Waals surface area contributed by atoms with Gasteiger partial charge in [-0.25, -0.2) is 0 Å². The van der Waals surface area contributed by atoms with E-state index in [0.717, 1.165) is 29.0 Å². The van der Waals surface area contributed by atoms with Gasteiger partial charge in [0.15, 0.2) is 0 Å². The molecule has 142 valence electrons. The first kappa shape index (κ1) is 17.8. The Bertz CT molecular complexity index is 915. The number of amides is 1. The minimum Gasteiger partial charge on any atom is -0.493 e. The van der Waals surface area contributed by atoms with E-state index in [4.69, 9.17) is 4.74 Å². The molecule has 1 fully saturated rings. The maximum Gasteiger partial charge on any atom is 0.252 e. The number of aliphatic hydroxyl groups excluding tert-OH is 1. The SMILES string of the molecule is CCc1cc(C(=O)N[C@@H](c2ccc3c(c2)CCO3)C2CC(O)C2)cc(=O)[nH]1. The summed E-state index contributed by atoms with van der Waals surface area (Å²) in [7, 11) is 0. The molecule has 2 aliphatic rings. The number of carbonyl (C=O) groups is 1. The van der Waals surface area contributed by atoms with Gasteiger partial charge in [0.25, 0.3) is 5.91 Å². The van der Waals surface area contributed by atoms with Gasteiger partial charge >= 0.3 is 0 Å². The molecule has 6 heteroatoms. The van der Waals surface area contributed by atoms with E-state index in [1.54, 1.807) is 6.07 Å². The fraction of sp³-hybridized carbons (Fsp3) is 0.429. The second-order valence-electron chi connectivity index (χ2n) is 7.41. The van der Waals surface area contributed by atoms with Crippen LogP contribution in [0.1, 0.15) is 53.0 Å². The van der Waals surface area contributed by atoms with Gasteiger partial charge in [-0.15, -0.1) is 0 Å². The van der Waals surface area contributed by atoms with Gasteiger partial charge in [-0.05, 0) is 54.5 Å². The third-order valence-corrected chi connectivity index (χ3v) is 5.52. The Morgan fingerprint density at radius 2 is 2.15 bits per heavy atom. The second kappa shape index (κ2) is 7.19. The second-order valence-corrected chi connectivity index (χ2v) is 7.41. The largest absolute Gasteiger partial charge is 0.493 e. The third kappa shape index (κ3) is 3.62. The number of hydrogen-bond acceptors (Lipinski definition) is 4. The monoisotopic (exact) mass is 368 g/mol. The van der Waals surface area contributed by atoms with Gasteiger partial charge in [0.2, 0.25) is 5.56 Å². The number of H-pyrrole nitrogens is 1. The molecule has 1 atom stereocenters. The summed E-state index contributed by atoms with van der Waals surface area (Å²) in [6.07, 6.45) is 2.53. The van der Waals surface area contributed by atoms with Crippen molar-refractivity contribution < 1.29 is 14.6 Å². The van der Waals surface area contributed by atoms with Gasteiger partial charge in [0.1, 0.15) is 5.75 Å². The Labute approximate surface area is 157 Å². The molecular weight excluding hydrogens is 344 g/mol. The quantitative estimate of drug-likeness (QED) is 0.754. The van der Waals surface area contributed by atoms with Crippen molar-refractivity contribution in [1.82, 2.24) is 10.3 Å². The third-order valence-electron chi connectivity index (χ3n) is 5.52. The number of fused-ring (bicyclic) bond motifs is 1. The molecule has 6 nitrogen and oxygen atoms in total. The van der Waals surface area contributed by atoms with E-state index in [1.807, 2.05) is 19.1 Å². The number of hydrogen-bond donors (Lipinski definition) is 3. The van der Waals surface area contributed by atoms with Crippen LogP contribution in [0, 0.1) is 5.92 Å². The summed E-state index contributed by atoms with van der Waals surface area (Å²) in [5.41, 5.74) is 2.99. The molecule has 2 aromatic rings. The summed E-state index contributed by atoms with van der Waals surface area (Å²) in [5, 5.41) is 12.8. The average molecular weight is 368 g/mol. The summed E-state index contributed by atoms with van der Waals surface area (Å²) in [6, 6.07) is 8.88. The van der Waals surface area contributed by atoms with Crippen molar-refractivity contribution in [1.29, 1.82) is 0 Å². The van der Waals surface area contributed by atoms with E-state index in [-0.39, 0.29) is 29.5 Å². The highest BCUT2D eigenvalue weighted by Crippen LogP contribution is 2.39. The Kier molecular flexibility index (Phi) is 4.74. The van der Waals surface area contributed by atoms with E-state index in [9.17, 15) is 14.7 Å². The van der Waals surface area contributed by atoms with Crippen LogP contribution in [0.4, 0.5) is 0 Å². The zero-order valence-electron chi connectivity index (χ0n) is 15.3. The number of rotatable bonds is 5. The van der Waals surface area contributed by atoms with Crippen molar-refractivity contribution in [3.8, 4) is 5.75 Å². The number of nitrogens with one attached hydrogen (secondary N) is 2. The molecule has 1 amide bonds. The summed E-state index contributed by atoms with van der Waals surface area (Å²) in [5.74, 6) is 0.815. The van der Waals surface area contributed by atoms with Crippen LogP contribution in [0.25, 0.3) is 0 Å². The number of pyridine rings is 1. The summed E-state index contributed by atoms with van der Waals surface area (Å²) in [4.78, 5) is 27.4. The Hall–Kier alpha value is -2.60. The van der Waals surface area contributed by atoms with Crippen LogP contribution >= 0.6 is 0 Å². The standard InChI is InChI=1S/C21H24N2O4/c1-2-16-8-15(11-19(25)22-16)21(26)23-20(14-9-17(24)10-14)13-3-4-18-12(7-13)5-6-27-18/h3-4,7-8,11,14,17,20,24H,2,5-6,9-10H2,1H3,(H,22,25)(H,23,26)/t14?,17?,20-/m0/s1. The molecule has 0 bridgehead atoms. The molecule has 0 saturated heterocycles. The molecule has 1 aromatic carbocycles. The van der Waals surface area contributed by atoms with Crippen molar-refractivity contribution >= 4 is 5.91 Å². The van der Waals surface area contributed by atoms with Gasteiger partial charge in [-0.3, -0.25) is 9.59 Å². The van der Waals surface area contributed by atoms with Crippen molar-refractivity contribution in [2.75, 3.05) is 6.61 Å². The van der Waals surface area contributed by atoms with Gasteiger partial charge in [-0.2, -0.15) is 0 Å². The van der Waals surface area contributed by atoms with Crippen LogP contribution in [-0.4, -0.2) is 28.7 Å². The fourth-order valence-electron chi connectivity index (χ4n) is 3.92. The highest BCUT2D eigenvalue weighted by molar-refractivity contribution is 5.94.